The number of aliphatic hydroxyl groups excluding tert-OH is 2. The first kappa shape index (κ1) is 31.1. The highest BCUT2D eigenvalue weighted by Gasteiger charge is 2.29. The molecule has 2 aromatic heterocycles. The highest BCUT2D eigenvalue weighted by atomic mass is 16.7. The van der Waals surface area contributed by atoms with Crippen LogP contribution in [0.2, 0.25) is 0 Å². The van der Waals surface area contributed by atoms with E-state index in [0.29, 0.717) is 36.9 Å². The quantitative estimate of drug-likeness (QED) is 0.228. The highest BCUT2D eigenvalue weighted by molar-refractivity contribution is 6.04. The van der Waals surface area contributed by atoms with E-state index in [4.69, 9.17) is 19.7 Å². The fraction of sp³-hybridized carbons (Fsp3) is 0.471. The van der Waals surface area contributed by atoms with E-state index in [1.165, 1.54) is 0 Å². The fourth-order valence-corrected chi connectivity index (χ4v) is 6.41. The Balaban J connectivity index is 1.31. The number of fused-ring (bicyclic) bond motifs is 1. The number of nitrogens with zero attached hydrogens (tertiary/aromatic N) is 5. The van der Waals surface area contributed by atoms with Gasteiger partial charge in [0, 0.05) is 23.6 Å². The van der Waals surface area contributed by atoms with Crippen molar-refractivity contribution in [1.82, 2.24) is 24.6 Å². The number of ether oxygens (including phenoxy) is 1. The van der Waals surface area contributed by atoms with Crippen molar-refractivity contribution in [1.29, 1.82) is 0 Å². The Hall–Kier alpha value is -3.90. The minimum absolute atomic E-state index is 0.00224. The highest BCUT2D eigenvalue weighted by Crippen LogP contribution is 2.32. The predicted octanol–water partition coefficient (Wildman–Crippen LogP) is 4.24. The first-order chi connectivity index (χ1) is 21.9. The van der Waals surface area contributed by atoms with Crippen molar-refractivity contribution in [2.45, 2.75) is 96.8 Å². The maximum absolute atomic E-state index is 14.4. The van der Waals surface area contributed by atoms with Gasteiger partial charge >= 0.3 is 0 Å². The number of nitrogens with one attached hydrogen (secondary N) is 1. The molecule has 1 saturated carbocycles. The largest absolute Gasteiger partial charge is 0.391 e. The number of amidine groups is 1. The van der Waals surface area contributed by atoms with Crippen molar-refractivity contribution >= 4 is 11.6 Å². The van der Waals surface area contributed by atoms with E-state index in [1.54, 1.807) is 0 Å². The number of hydroxylamine groups is 1. The van der Waals surface area contributed by atoms with E-state index >= 15 is 0 Å². The number of benzene rings is 2. The summed E-state index contributed by atoms with van der Waals surface area (Å²) in [6.45, 7) is 6.28. The summed E-state index contributed by atoms with van der Waals surface area (Å²) in [7, 11) is 0. The van der Waals surface area contributed by atoms with Crippen molar-refractivity contribution in [3.8, 4) is 11.1 Å². The van der Waals surface area contributed by atoms with E-state index in [-0.39, 0.29) is 17.7 Å². The number of hydrogen-bond acceptors (Lipinski definition) is 9. The second kappa shape index (κ2) is 13.6. The lowest BCUT2D eigenvalue weighted by atomic mass is 9.92. The number of aromatic nitrogens is 4. The van der Waals surface area contributed by atoms with Crippen LogP contribution in [-0.2, 0) is 22.4 Å². The summed E-state index contributed by atoms with van der Waals surface area (Å²) in [5.41, 5.74) is 8.15. The number of rotatable bonds is 11. The van der Waals surface area contributed by atoms with Crippen LogP contribution in [0.4, 0.5) is 0 Å². The van der Waals surface area contributed by atoms with Crippen LogP contribution in [0.5, 0.6) is 0 Å². The normalized spacial score (nSPS) is 20.7. The molecule has 0 amide bonds. The fourth-order valence-electron chi connectivity index (χ4n) is 6.41. The molecule has 45 heavy (non-hydrogen) atoms. The van der Waals surface area contributed by atoms with E-state index < -0.39 is 12.5 Å². The van der Waals surface area contributed by atoms with Gasteiger partial charge in [-0.05, 0) is 62.1 Å². The van der Waals surface area contributed by atoms with Crippen LogP contribution in [0.1, 0.15) is 86.6 Å². The molecule has 0 saturated heterocycles. The Morgan fingerprint density at radius 1 is 1.07 bits per heavy atom. The summed E-state index contributed by atoms with van der Waals surface area (Å²) < 4.78 is 9.75. The summed E-state index contributed by atoms with van der Waals surface area (Å²) >= 11 is 0. The minimum atomic E-state index is -1.23. The molecular formula is C34H42N6O5. The average molecular weight is 615 g/mol. The second-order valence-electron chi connectivity index (χ2n) is 12.0. The molecule has 2 aliphatic rings. The van der Waals surface area contributed by atoms with E-state index in [0.717, 1.165) is 72.0 Å². The molecule has 1 fully saturated rings. The minimum Gasteiger partial charge on any atom is -0.391 e. The van der Waals surface area contributed by atoms with Crippen molar-refractivity contribution in [2.75, 3.05) is 6.61 Å². The van der Waals surface area contributed by atoms with Crippen LogP contribution in [0.15, 0.2) is 58.3 Å². The molecule has 0 spiro atoms. The van der Waals surface area contributed by atoms with Crippen LogP contribution < -0.4 is 11.0 Å². The molecule has 3 heterocycles. The topological polar surface area (TPSA) is 136 Å². The molecule has 2 aromatic carbocycles. The molecule has 4 aromatic rings. The Labute approximate surface area is 262 Å². The van der Waals surface area contributed by atoms with Crippen LogP contribution in [0.3, 0.4) is 0 Å². The number of aliphatic imine (C=N–C) groups is 1. The third-order valence-corrected chi connectivity index (χ3v) is 8.81. The second-order valence-corrected chi connectivity index (χ2v) is 12.0. The molecule has 0 radical (unpaired) electrons. The summed E-state index contributed by atoms with van der Waals surface area (Å²) in [6.07, 6.45) is 4.43. The summed E-state index contributed by atoms with van der Waals surface area (Å²) in [5.74, 6) is 1.73. The third-order valence-electron chi connectivity index (χ3n) is 8.81. The zero-order valence-electron chi connectivity index (χ0n) is 26.1. The van der Waals surface area contributed by atoms with Crippen molar-refractivity contribution in [2.24, 2.45) is 4.99 Å². The Bertz CT molecular complexity index is 1720. The van der Waals surface area contributed by atoms with E-state index in [1.807, 2.05) is 59.3 Å². The van der Waals surface area contributed by atoms with Gasteiger partial charge in [0.1, 0.15) is 5.82 Å². The van der Waals surface area contributed by atoms with Gasteiger partial charge in [0.05, 0.1) is 24.5 Å². The lowest BCUT2D eigenvalue weighted by Crippen LogP contribution is -2.35. The number of aliphatic hydroxyl groups is 2. The molecule has 1 aliphatic carbocycles. The number of hydrogen-bond donors (Lipinski definition) is 3. The summed E-state index contributed by atoms with van der Waals surface area (Å²) in [5, 5.41) is 24.4. The third kappa shape index (κ3) is 6.57. The van der Waals surface area contributed by atoms with Crippen molar-refractivity contribution < 1.29 is 19.8 Å². The zero-order chi connectivity index (χ0) is 31.5. The maximum atomic E-state index is 14.4. The first-order valence-electron chi connectivity index (χ1n) is 16.0. The summed E-state index contributed by atoms with van der Waals surface area (Å²) in [6, 6.07) is 16.0. The smallest absolute Gasteiger partial charge is 0.280 e. The molecule has 0 bridgehead atoms. The molecule has 3 N–H and O–H groups in total. The van der Waals surface area contributed by atoms with Gasteiger partial charge < -0.3 is 14.9 Å². The molecule has 2 atom stereocenters. The molecule has 1 aliphatic heterocycles. The van der Waals surface area contributed by atoms with Crippen LogP contribution in [-0.4, -0.2) is 60.4 Å². The Kier molecular flexibility index (Phi) is 9.41. The van der Waals surface area contributed by atoms with E-state index in [2.05, 4.69) is 29.5 Å². The molecular weight excluding hydrogens is 572 g/mol. The predicted molar refractivity (Wildman–Crippen MR) is 171 cm³/mol. The van der Waals surface area contributed by atoms with Crippen LogP contribution in [0, 0.1) is 6.92 Å². The number of aryl methyl sites for hydroxylation is 2. The van der Waals surface area contributed by atoms with Gasteiger partial charge in [-0.2, -0.15) is 10.1 Å². The monoisotopic (exact) mass is 614 g/mol. The molecule has 238 valence electrons. The lowest BCUT2D eigenvalue weighted by molar-refractivity contribution is -0.102. The Morgan fingerprint density at radius 3 is 2.47 bits per heavy atom. The van der Waals surface area contributed by atoms with Gasteiger partial charge in [-0.1, -0.05) is 68.8 Å². The van der Waals surface area contributed by atoms with Gasteiger partial charge in [0.15, 0.2) is 5.84 Å². The van der Waals surface area contributed by atoms with Crippen molar-refractivity contribution in [3.63, 3.8) is 0 Å². The van der Waals surface area contributed by atoms with Gasteiger partial charge in [0.25, 0.3) is 12.0 Å². The molecule has 6 rings (SSSR count). The first-order valence-corrected chi connectivity index (χ1v) is 16.0. The SMILES string of the molecule is CCCc1c(Cc2ccc(-c3ccccc3C3=NC(O)ON3)cc2)c(=O)n(C2CCC(OCC(O)CC)CC2)c2nc(C)nn12. The average Bonchev–Trinajstić information content (AvgIpc) is 3.67. The van der Waals surface area contributed by atoms with Gasteiger partial charge in [-0.25, -0.2) is 19.8 Å². The summed E-state index contributed by atoms with van der Waals surface area (Å²) in [4.78, 5) is 28.2. The van der Waals surface area contributed by atoms with Gasteiger partial charge in [0.2, 0.25) is 5.78 Å². The molecule has 11 heteroatoms. The Morgan fingerprint density at radius 2 is 1.80 bits per heavy atom. The van der Waals surface area contributed by atoms with Gasteiger partial charge in [-0.15, -0.1) is 0 Å². The zero-order valence-corrected chi connectivity index (χ0v) is 26.1. The molecule has 2 unspecified atom stereocenters. The van der Waals surface area contributed by atoms with Crippen molar-refractivity contribution in [3.05, 3.63) is 87.1 Å². The maximum Gasteiger partial charge on any atom is 0.280 e. The molecule has 11 nitrogen and oxygen atoms in total. The van der Waals surface area contributed by atoms with E-state index in [9.17, 15) is 15.0 Å². The lowest BCUT2D eigenvalue weighted by Gasteiger charge is -2.31. The van der Waals surface area contributed by atoms with Crippen LogP contribution in [0.25, 0.3) is 16.9 Å². The van der Waals surface area contributed by atoms with Crippen LogP contribution >= 0.6 is 0 Å². The van der Waals surface area contributed by atoms with Gasteiger partial charge in [-0.3, -0.25) is 9.36 Å². The standard InChI is InChI=1S/C34H42N6O5/c1-4-8-30-29(19-22-11-13-23(14-12-22)27-9-6-7-10-28(27)31-36-34(43)45-38-31)32(42)39(33-35-21(3)37-40(30)33)24-15-17-26(18-16-24)44-20-25(41)5-2/h6-7,9-14,24-26,34,41,43H,4-5,8,15-20H2,1-3H3,(H,36,38).